The summed E-state index contributed by atoms with van der Waals surface area (Å²) in [7, 11) is 0. The minimum absolute atomic E-state index is 0.530. The summed E-state index contributed by atoms with van der Waals surface area (Å²) in [6.45, 7) is 26.7. The fourth-order valence-electron chi connectivity index (χ4n) is 13.9. The normalized spacial score (nSPS) is 11.5. The topological polar surface area (TPSA) is 52.9 Å². The summed E-state index contributed by atoms with van der Waals surface area (Å²) in [5.41, 5.74) is 29.9. The van der Waals surface area contributed by atoms with Crippen LogP contribution in [0.4, 0.5) is 5.69 Å². The molecular formula is C84H64N6. The monoisotopic (exact) mass is 1160 g/mol. The van der Waals surface area contributed by atoms with E-state index in [4.69, 9.17) is 15.0 Å². The zero-order valence-electron chi connectivity index (χ0n) is 51.8. The summed E-state index contributed by atoms with van der Waals surface area (Å²) in [5, 5.41) is 4.48. The molecule has 0 unspecified atom stereocenters. The Balaban J connectivity index is 0.996. The maximum absolute atomic E-state index is 9.28. The molecule has 0 fully saturated rings. The average Bonchev–Trinajstić information content (AvgIpc) is 1.63. The van der Waals surface area contributed by atoms with Crippen LogP contribution in [0.25, 0.3) is 150 Å². The number of benzene rings is 12. The van der Waals surface area contributed by atoms with Crippen LogP contribution >= 0.6 is 0 Å². The molecule has 0 saturated heterocycles. The highest BCUT2D eigenvalue weighted by molar-refractivity contribution is 6.14. The van der Waals surface area contributed by atoms with Crippen LogP contribution in [-0.2, 0) is 0 Å². The van der Waals surface area contributed by atoms with Crippen LogP contribution in [0.3, 0.4) is 0 Å². The van der Waals surface area contributed by atoms with Crippen molar-refractivity contribution in [3.63, 3.8) is 0 Å². The molecule has 6 nitrogen and oxygen atoms in total. The van der Waals surface area contributed by atoms with Gasteiger partial charge in [0.25, 0.3) is 0 Å². The van der Waals surface area contributed by atoms with Crippen LogP contribution in [0.15, 0.2) is 243 Å². The number of aryl methyl sites for hydroxylation is 8. The van der Waals surface area contributed by atoms with Gasteiger partial charge in [0.05, 0.1) is 40.0 Å². The van der Waals surface area contributed by atoms with Gasteiger partial charge in [-0.15, -0.1) is 0 Å². The predicted molar refractivity (Wildman–Crippen MR) is 376 cm³/mol. The second-order valence-electron chi connectivity index (χ2n) is 24.4. The molecule has 0 radical (unpaired) electrons. The average molecular weight is 1160 g/mol. The van der Waals surface area contributed by atoms with Crippen molar-refractivity contribution >= 4 is 49.3 Å². The van der Waals surface area contributed by atoms with E-state index in [1.165, 1.54) is 66.8 Å². The van der Waals surface area contributed by atoms with E-state index in [-0.39, 0.29) is 0 Å². The van der Waals surface area contributed by atoms with Crippen molar-refractivity contribution in [1.29, 1.82) is 0 Å². The standard InChI is InChI=1S/C84H64N6/c1-50-23-32-65(54(5)41-50)60-28-37-75-71(45-60)72-46-61(66-33-24-51(2)42-55(66)6)29-38-76(72)89(75)79-22-16-21-69(81(79)85-9)64-27-36-70(84-87-82(58-17-12-10-13-18-58)86-83(88-84)59-19-14-11-15-20-59)80(49-64)90-77-39-30-62(67-34-25-52(3)43-56(67)7)47-73(77)74-48-63(31-40-78(74)90)68-35-26-53(4)44-57(68)8/h10-49H,1-8H3. The molecule has 0 aliphatic rings. The van der Waals surface area contributed by atoms with Crippen LogP contribution in [0.2, 0.25) is 0 Å². The fraction of sp³-hybridized carbons (Fsp3) is 0.0952. The summed E-state index contributed by atoms with van der Waals surface area (Å²) in [5.74, 6) is 1.68. The van der Waals surface area contributed by atoms with Crippen molar-refractivity contribution in [3.05, 3.63) is 299 Å². The summed E-state index contributed by atoms with van der Waals surface area (Å²) < 4.78 is 4.70. The summed E-state index contributed by atoms with van der Waals surface area (Å²) in [6.07, 6.45) is 0. The molecule has 12 aromatic carbocycles. The summed E-state index contributed by atoms with van der Waals surface area (Å²) >= 11 is 0. The Morgan fingerprint density at radius 2 is 0.600 bits per heavy atom. The van der Waals surface area contributed by atoms with Crippen molar-refractivity contribution in [2.45, 2.75) is 55.4 Å². The van der Waals surface area contributed by atoms with E-state index in [1.807, 2.05) is 36.4 Å². The lowest BCUT2D eigenvalue weighted by Gasteiger charge is -2.18. The Bertz CT molecular complexity index is 5190. The smallest absolute Gasteiger partial charge is 0.218 e. The minimum Gasteiger partial charge on any atom is -0.319 e. The van der Waals surface area contributed by atoms with Gasteiger partial charge in [-0.05, 0) is 200 Å². The van der Waals surface area contributed by atoms with Crippen LogP contribution in [0.1, 0.15) is 44.5 Å². The molecule has 90 heavy (non-hydrogen) atoms. The molecule has 0 aliphatic carbocycles. The molecule has 0 saturated carbocycles. The first-order valence-corrected chi connectivity index (χ1v) is 30.8. The highest BCUT2D eigenvalue weighted by Crippen LogP contribution is 2.46. The molecule has 3 heterocycles. The highest BCUT2D eigenvalue weighted by atomic mass is 15.1. The molecule has 0 N–H and O–H groups in total. The van der Waals surface area contributed by atoms with Gasteiger partial charge in [0, 0.05) is 38.2 Å². The highest BCUT2D eigenvalue weighted by Gasteiger charge is 2.25. The van der Waals surface area contributed by atoms with Crippen molar-refractivity contribution in [3.8, 4) is 101 Å². The molecule has 430 valence electrons. The van der Waals surface area contributed by atoms with Crippen LogP contribution < -0.4 is 0 Å². The Kier molecular flexibility index (Phi) is 13.6. The Hall–Kier alpha value is -11.3. The lowest BCUT2D eigenvalue weighted by Crippen LogP contribution is -2.04. The molecule has 0 aliphatic heterocycles. The predicted octanol–water partition coefficient (Wildman–Crippen LogP) is 22.4. The SMILES string of the molecule is [C-]#[N+]c1c(-c2ccc(-c3nc(-c4ccccc4)nc(-c4ccccc4)n3)c(-n3c4ccc(-c5ccc(C)cc5C)cc4c4cc(-c5ccc(C)cc5C)ccc43)c2)cccc1-n1c2ccc(-c3ccc(C)cc3C)cc2c2cc(-c3ccc(C)cc3C)ccc21. The maximum atomic E-state index is 9.28. The molecular weight excluding hydrogens is 1090 g/mol. The molecule has 0 atom stereocenters. The number of hydrogen-bond donors (Lipinski definition) is 0. The first kappa shape index (κ1) is 55.3. The van der Waals surface area contributed by atoms with Crippen molar-refractivity contribution in [2.24, 2.45) is 0 Å². The zero-order chi connectivity index (χ0) is 61.5. The number of aromatic nitrogens is 5. The van der Waals surface area contributed by atoms with E-state index in [0.29, 0.717) is 23.2 Å². The van der Waals surface area contributed by atoms with Gasteiger partial charge >= 0.3 is 0 Å². The Morgan fingerprint density at radius 1 is 0.267 bits per heavy atom. The van der Waals surface area contributed by atoms with Gasteiger partial charge in [0.2, 0.25) is 5.69 Å². The first-order chi connectivity index (χ1) is 43.8. The first-order valence-electron chi connectivity index (χ1n) is 30.8. The number of nitrogens with zero attached hydrogens (tertiary/aromatic N) is 6. The van der Waals surface area contributed by atoms with E-state index in [9.17, 15) is 6.57 Å². The molecule has 6 heteroatoms. The lowest BCUT2D eigenvalue weighted by molar-refractivity contribution is 1.06. The molecule has 15 aromatic rings. The zero-order valence-corrected chi connectivity index (χ0v) is 51.8. The van der Waals surface area contributed by atoms with Gasteiger partial charge in [-0.1, -0.05) is 198 Å². The fourth-order valence-corrected chi connectivity index (χ4v) is 13.9. The minimum atomic E-state index is 0.530. The third kappa shape index (κ3) is 9.64. The van der Waals surface area contributed by atoms with Crippen LogP contribution in [0.5, 0.6) is 0 Å². The van der Waals surface area contributed by atoms with Crippen LogP contribution in [0, 0.1) is 62.0 Å². The van der Waals surface area contributed by atoms with E-state index < -0.39 is 0 Å². The largest absolute Gasteiger partial charge is 0.319 e. The van der Waals surface area contributed by atoms with Crippen molar-refractivity contribution < 1.29 is 0 Å². The number of para-hydroxylation sites is 1. The maximum Gasteiger partial charge on any atom is 0.218 e. The Morgan fingerprint density at radius 3 is 0.967 bits per heavy atom. The number of fused-ring (bicyclic) bond motifs is 6. The summed E-state index contributed by atoms with van der Waals surface area (Å²) in [4.78, 5) is 20.5. The van der Waals surface area contributed by atoms with E-state index in [2.05, 4.69) is 276 Å². The molecule has 0 amide bonds. The van der Waals surface area contributed by atoms with Gasteiger partial charge in [0.1, 0.15) is 0 Å². The second-order valence-corrected chi connectivity index (χ2v) is 24.4. The van der Waals surface area contributed by atoms with Gasteiger partial charge < -0.3 is 9.13 Å². The quantitative estimate of drug-likeness (QED) is 0.128. The van der Waals surface area contributed by atoms with E-state index >= 15 is 0 Å². The third-order valence-electron chi connectivity index (χ3n) is 18.2. The van der Waals surface area contributed by atoms with Gasteiger partial charge in [-0.2, -0.15) is 0 Å². The Labute approximate surface area is 525 Å². The van der Waals surface area contributed by atoms with Gasteiger partial charge in [-0.3, -0.25) is 0 Å². The third-order valence-corrected chi connectivity index (χ3v) is 18.2. The molecule has 3 aromatic heterocycles. The van der Waals surface area contributed by atoms with E-state index in [0.717, 1.165) is 105 Å². The lowest BCUT2D eigenvalue weighted by atomic mass is 9.95. The number of rotatable bonds is 10. The van der Waals surface area contributed by atoms with Gasteiger partial charge in [-0.25, -0.2) is 19.8 Å². The molecule has 0 spiro atoms. The van der Waals surface area contributed by atoms with Gasteiger partial charge in [0.15, 0.2) is 17.5 Å². The van der Waals surface area contributed by atoms with E-state index in [1.54, 1.807) is 0 Å². The molecule has 0 bridgehead atoms. The van der Waals surface area contributed by atoms with Crippen molar-refractivity contribution in [1.82, 2.24) is 24.1 Å². The summed E-state index contributed by atoms with van der Waals surface area (Å²) in [6, 6.07) is 87.5. The molecule has 15 rings (SSSR count). The van der Waals surface area contributed by atoms with Crippen LogP contribution in [-0.4, -0.2) is 24.1 Å². The second kappa shape index (κ2) is 22.2. The number of hydrogen-bond acceptors (Lipinski definition) is 3. The van der Waals surface area contributed by atoms with Crippen molar-refractivity contribution in [2.75, 3.05) is 0 Å².